The molecule has 0 bridgehead atoms. The van der Waals surface area contributed by atoms with E-state index in [1.807, 2.05) is 24.3 Å². The molecule has 1 aromatic carbocycles. The van der Waals surface area contributed by atoms with Crippen molar-refractivity contribution in [2.24, 2.45) is 10.7 Å². The summed E-state index contributed by atoms with van der Waals surface area (Å²) in [4.78, 5) is 16.2. The lowest BCUT2D eigenvalue weighted by atomic mass is 10.2. The maximum absolute atomic E-state index is 11.9. The quantitative estimate of drug-likeness (QED) is 0.347. The normalized spacial score (nSPS) is 10.8. The molecule has 130 valence electrons. The number of hydrogen-bond donors (Lipinski definition) is 3. The van der Waals surface area contributed by atoms with E-state index in [0.717, 1.165) is 24.2 Å². The number of benzene rings is 1. The number of nitrogens with zero attached hydrogens (tertiary/aromatic N) is 3. The average molecular weight is 442 g/mol. The lowest BCUT2D eigenvalue weighted by molar-refractivity contribution is -0.116. The minimum atomic E-state index is -0.126. The Morgan fingerprint density at radius 2 is 2.21 bits per heavy atom. The molecule has 0 radical (unpaired) electrons. The Morgan fingerprint density at radius 1 is 1.38 bits per heavy atom. The van der Waals surface area contributed by atoms with Crippen LogP contribution in [-0.2, 0) is 17.9 Å². The van der Waals surface area contributed by atoms with Crippen LogP contribution < -0.4 is 16.4 Å². The van der Waals surface area contributed by atoms with Gasteiger partial charge in [0.25, 0.3) is 0 Å². The number of guanidine groups is 1. The number of rotatable bonds is 7. The minimum absolute atomic E-state index is 0. The molecule has 0 saturated heterocycles. The standard InChI is InChI=1S/C16H22N6O.HI/c1-2-7-18-16(17)19-11-13-5-3-6-14(10-13)21-15(23)12-22-9-4-8-20-22;/h3-6,8-10H,2,7,11-12H2,1H3,(H,21,23)(H3,17,18,19);1H. The molecule has 1 aromatic heterocycles. The lowest BCUT2D eigenvalue weighted by Gasteiger charge is -2.07. The van der Waals surface area contributed by atoms with Crippen LogP contribution in [-0.4, -0.2) is 28.2 Å². The van der Waals surface area contributed by atoms with Crippen molar-refractivity contribution < 1.29 is 4.79 Å². The van der Waals surface area contributed by atoms with E-state index in [-0.39, 0.29) is 36.4 Å². The molecule has 7 nitrogen and oxygen atoms in total. The summed E-state index contributed by atoms with van der Waals surface area (Å²) < 4.78 is 1.57. The molecule has 0 saturated carbocycles. The van der Waals surface area contributed by atoms with Crippen molar-refractivity contribution in [2.45, 2.75) is 26.4 Å². The van der Waals surface area contributed by atoms with Gasteiger partial charge < -0.3 is 16.4 Å². The van der Waals surface area contributed by atoms with Crippen molar-refractivity contribution in [3.63, 3.8) is 0 Å². The first kappa shape index (κ1) is 19.9. The van der Waals surface area contributed by atoms with Gasteiger partial charge in [-0.3, -0.25) is 9.48 Å². The van der Waals surface area contributed by atoms with Crippen LogP contribution in [0.25, 0.3) is 0 Å². The Labute approximate surface area is 158 Å². The predicted octanol–water partition coefficient (Wildman–Crippen LogP) is 1.95. The molecule has 1 heterocycles. The second-order valence-electron chi connectivity index (χ2n) is 5.08. The van der Waals surface area contributed by atoms with Crippen molar-refractivity contribution in [1.82, 2.24) is 15.1 Å². The molecule has 4 N–H and O–H groups in total. The number of aromatic nitrogens is 2. The fourth-order valence-corrected chi connectivity index (χ4v) is 1.97. The fourth-order valence-electron chi connectivity index (χ4n) is 1.97. The average Bonchev–Trinajstić information content (AvgIpc) is 3.04. The van der Waals surface area contributed by atoms with Crippen molar-refractivity contribution in [3.05, 3.63) is 48.3 Å². The molecule has 0 fully saturated rings. The zero-order chi connectivity index (χ0) is 16.5. The van der Waals surface area contributed by atoms with E-state index in [4.69, 9.17) is 5.73 Å². The van der Waals surface area contributed by atoms with Crippen LogP contribution in [0.5, 0.6) is 0 Å². The van der Waals surface area contributed by atoms with Crippen molar-refractivity contribution in [3.8, 4) is 0 Å². The van der Waals surface area contributed by atoms with E-state index < -0.39 is 0 Å². The highest BCUT2D eigenvalue weighted by atomic mass is 127. The van der Waals surface area contributed by atoms with Gasteiger partial charge in [0.15, 0.2) is 5.96 Å². The molecule has 0 spiro atoms. The predicted molar refractivity (Wildman–Crippen MR) is 106 cm³/mol. The molecule has 2 aromatic rings. The van der Waals surface area contributed by atoms with Gasteiger partial charge in [0.1, 0.15) is 6.54 Å². The van der Waals surface area contributed by atoms with Crippen molar-refractivity contribution in [1.29, 1.82) is 0 Å². The Morgan fingerprint density at radius 3 is 2.92 bits per heavy atom. The summed E-state index contributed by atoms with van der Waals surface area (Å²) in [5.74, 6) is 0.304. The molecule has 0 aliphatic rings. The summed E-state index contributed by atoms with van der Waals surface area (Å²) in [6.07, 6.45) is 4.38. The van der Waals surface area contributed by atoms with Gasteiger partial charge in [0.05, 0.1) is 6.54 Å². The molecule has 8 heteroatoms. The minimum Gasteiger partial charge on any atom is -0.370 e. The number of amides is 1. The maximum atomic E-state index is 11.9. The monoisotopic (exact) mass is 442 g/mol. The van der Waals surface area contributed by atoms with Crippen LogP contribution >= 0.6 is 24.0 Å². The smallest absolute Gasteiger partial charge is 0.246 e. The number of aliphatic imine (C=N–C) groups is 1. The highest BCUT2D eigenvalue weighted by Crippen LogP contribution is 2.11. The molecular formula is C16H23IN6O. The fraction of sp³-hybridized carbons (Fsp3) is 0.312. The van der Waals surface area contributed by atoms with E-state index in [9.17, 15) is 4.79 Å². The molecule has 0 unspecified atom stereocenters. The third kappa shape index (κ3) is 6.99. The van der Waals surface area contributed by atoms with Gasteiger partial charge in [-0.25, -0.2) is 4.99 Å². The van der Waals surface area contributed by atoms with Crippen LogP contribution in [0.4, 0.5) is 5.69 Å². The first-order valence-corrected chi connectivity index (χ1v) is 7.57. The van der Waals surface area contributed by atoms with Crippen LogP contribution in [0.2, 0.25) is 0 Å². The molecule has 0 atom stereocenters. The highest BCUT2D eigenvalue weighted by Gasteiger charge is 2.04. The van der Waals surface area contributed by atoms with E-state index in [2.05, 4.69) is 27.6 Å². The second-order valence-corrected chi connectivity index (χ2v) is 5.08. The summed E-state index contributed by atoms with van der Waals surface area (Å²) in [5, 5.41) is 9.88. The Hall–Kier alpha value is -2.10. The molecular weight excluding hydrogens is 419 g/mol. The summed E-state index contributed by atoms with van der Waals surface area (Å²) in [5.41, 5.74) is 7.47. The molecule has 24 heavy (non-hydrogen) atoms. The van der Waals surface area contributed by atoms with Gasteiger partial charge in [0.2, 0.25) is 5.91 Å². The summed E-state index contributed by atoms with van der Waals surface area (Å²) in [7, 11) is 0. The topological polar surface area (TPSA) is 97.3 Å². The highest BCUT2D eigenvalue weighted by molar-refractivity contribution is 14.0. The van der Waals surface area contributed by atoms with Crippen LogP contribution in [0, 0.1) is 0 Å². The Kier molecular flexibility index (Phi) is 8.84. The number of anilines is 1. The third-order valence-electron chi connectivity index (χ3n) is 3.06. The maximum Gasteiger partial charge on any atom is 0.246 e. The van der Waals surface area contributed by atoms with Crippen molar-refractivity contribution >= 4 is 41.5 Å². The van der Waals surface area contributed by atoms with Crippen molar-refractivity contribution in [2.75, 3.05) is 11.9 Å². The number of nitrogens with one attached hydrogen (secondary N) is 2. The SMILES string of the molecule is CCCNC(N)=NCc1cccc(NC(=O)Cn2cccn2)c1.I. The zero-order valence-corrected chi connectivity index (χ0v) is 15.9. The first-order chi connectivity index (χ1) is 11.2. The number of carbonyl (C=O) groups excluding carboxylic acids is 1. The van der Waals surface area contributed by atoms with E-state index >= 15 is 0 Å². The van der Waals surface area contributed by atoms with Gasteiger partial charge in [-0.05, 0) is 30.2 Å². The molecule has 0 aliphatic carbocycles. The van der Waals surface area contributed by atoms with Gasteiger partial charge >= 0.3 is 0 Å². The van der Waals surface area contributed by atoms with Crippen LogP contribution in [0.3, 0.4) is 0 Å². The first-order valence-electron chi connectivity index (χ1n) is 7.57. The summed E-state index contributed by atoms with van der Waals surface area (Å²) in [6.45, 7) is 3.52. The zero-order valence-electron chi connectivity index (χ0n) is 13.6. The molecule has 1 amide bonds. The van der Waals surface area contributed by atoms with Gasteiger partial charge in [-0.1, -0.05) is 19.1 Å². The second kappa shape index (κ2) is 10.6. The lowest BCUT2D eigenvalue weighted by Crippen LogP contribution is -2.32. The van der Waals surface area contributed by atoms with Crippen LogP contribution in [0.1, 0.15) is 18.9 Å². The molecule has 2 rings (SSSR count). The molecule has 0 aliphatic heterocycles. The summed E-state index contributed by atoms with van der Waals surface area (Å²) in [6, 6.07) is 9.33. The van der Waals surface area contributed by atoms with E-state index in [1.165, 1.54) is 0 Å². The van der Waals surface area contributed by atoms with Gasteiger partial charge in [-0.15, -0.1) is 24.0 Å². The summed E-state index contributed by atoms with van der Waals surface area (Å²) >= 11 is 0. The van der Waals surface area contributed by atoms with Crippen LogP contribution in [0.15, 0.2) is 47.7 Å². The Bertz CT molecular complexity index is 656. The largest absolute Gasteiger partial charge is 0.370 e. The third-order valence-corrected chi connectivity index (χ3v) is 3.06. The van der Waals surface area contributed by atoms with E-state index in [1.54, 1.807) is 23.1 Å². The number of halogens is 1. The van der Waals surface area contributed by atoms with Gasteiger partial charge in [0, 0.05) is 24.6 Å². The number of nitrogens with two attached hydrogens (primary N) is 1. The number of carbonyl (C=O) groups is 1. The van der Waals surface area contributed by atoms with Gasteiger partial charge in [-0.2, -0.15) is 5.10 Å². The van der Waals surface area contributed by atoms with E-state index in [0.29, 0.717) is 12.5 Å². The Balaban J connectivity index is 0.00000288. The number of hydrogen-bond acceptors (Lipinski definition) is 3.